The van der Waals surface area contributed by atoms with Crippen LogP contribution < -0.4 is 10.6 Å². The second-order valence-electron chi connectivity index (χ2n) is 6.00. The average Bonchev–Trinajstić information content (AvgIpc) is 3.03. The van der Waals surface area contributed by atoms with E-state index >= 15 is 0 Å². The Morgan fingerprint density at radius 2 is 1.54 bits per heavy atom. The fraction of sp³-hybridized carbons (Fsp3) is 0.0476. The van der Waals surface area contributed by atoms with Crippen molar-refractivity contribution < 1.29 is 4.79 Å². The van der Waals surface area contributed by atoms with Crippen molar-refractivity contribution in [3.63, 3.8) is 0 Å². The van der Waals surface area contributed by atoms with Crippen LogP contribution in [0.5, 0.6) is 0 Å². The van der Waals surface area contributed by atoms with Crippen molar-refractivity contribution in [2.75, 3.05) is 10.6 Å². The van der Waals surface area contributed by atoms with Gasteiger partial charge in [0.2, 0.25) is 0 Å². The first-order chi connectivity index (χ1) is 12.7. The summed E-state index contributed by atoms with van der Waals surface area (Å²) in [5, 5.41) is 12.3. The van der Waals surface area contributed by atoms with Gasteiger partial charge in [-0.05, 0) is 30.5 Å². The maximum absolute atomic E-state index is 12.5. The van der Waals surface area contributed by atoms with Crippen molar-refractivity contribution in [2.45, 2.75) is 6.92 Å². The molecule has 0 atom stereocenters. The van der Waals surface area contributed by atoms with E-state index < -0.39 is 0 Å². The van der Waals surface area contributed by atoms with Gasteiger partial charge in [-0.1, -0.05) is 54.6 Å². The number of aromatic nitrogens is 2. The molecule has 1 heterocycles. The number of benzene rings is 3. The third-order valence-electron chi connectivity index (χ3n) is 4.30. The summed E-state index contributed by atoms with van der Waals surface area (Å²) in [6.07, 6.45) is 1.66. The lowest BCUT2D eigenvalue weighted by atomic mass is 10.1. The first kappa shape index (κ1) is 15.9. The highest BCUT2D eigenvalue weighted by Gasteiger charge is 2.11. The zero-order chi connectivity index (χ0) is 17.9. The molecule has 26 heavy (non-hydrogen) atoms. The average molecular weight is 342 g/mol. The lowest BCUT2D eigenvalue weighted by Gasteiger charge is -2.10. The molecule has 0 aliphatic heterocycles. The normalized spacial score (nSPS) is 10.7. The first-order valence-corrected chi connectivity index (χ1v) is 8.38. The molecule has 3 aromatic carbocycles. The van der Waals surface area contributed by atoms with Crippen molar-refractivity contribution in [3.8, 4) is 5.69 Å². The summed E-state index contributed by atoms with van der Waals surface area (Å²) in [6.45, 7) is 1.92. The smallest absolute Gasteiger partial charge is 0.307 e. The predicted molar refractivity (Wildman–Crippen MR) is 105 cm³/mol. The Kier molecular flexibility index (Phi) is 4.11. The van der Waals surface area contributed by atoms with Gasteiger partial charge in [0.1, 0.15) is 0 Å². The van der Waals surface area contributed by atoms with Crippen LogP contribution in [-0.2, 0) is 0 Å². The number of rotatable bonds is 3. The van der Waals surface area contributed by atoms with Gasteiger partial charge in [0.05, 0.1) is 29.0 Å². The summed E-state index contributed by atoms with van der Waals surface area (Å²) >= 11 is 0. The number of carbonyl (C=O) groups is 1. The molecule has 4 rings (SSSR count). The van der Waals surface area contributed by atoms with E-state index in [0.29, 0.717) is 5.69 Å². The van der Waals surface area contributed by atoms with Crippen LogP contribution in [0.4, 0.5) is 16.2 Å². The number of para-hydroxylation sites is 1. The topological polar surface area (TPSA) is 59.0 Å². The van der Waals surface area contributed by atoms with E-state index in [1.807, 2.05) is 79.7 Å². The molecular formula is C21H18N4O. The highest BCUT2D eigenvalue weighted by Crippen LogP contribution is 2.24. The number of amides is 2. The quantitative estimate of drug-likeness (QED) is 0.552. The standard InChI is InChI=1S/C21H18N4O/c1-15-20(14-22-25(15)17-10-3-2-4-11-17)24-21(26)23-19-13-7-9-16-8-5-6-12-18(16)19/h2-14H,1H3,(H2,23,24,26). The molecule has 0 saturated heterocycles. The summed E-state index contributed by atoms with van der Waals surface area (Å²) < 4.78 is 1.80. The zero-order valence-corrected chi connectivity index (χ0v) is 14.3. The Morgan fingerprint density at radius 3 is 2.38 bits per heavy atom. The van der Waals surface area contributed by atoms with Crippen LogP contribution in [0.2, 0.25) is 0 Å². The second kappa shape index (κ2) is 6.72. The van der Waals surface area contributed by atoms with E-state index in [-0.39, 0.29) is 6.03 Å². The molecule has 5 nitrogen and oxygen atoms in total. The molecule has 0 aliphatic rings. The molecule has 1 aromatic heterocycles. The van der Waals surface area contributed by atoms with Gasteiger partial charge in [0.25, 0.3) is 0 Å². The van der Waals surface area contributed by atoms with Crippen molar-refractivity contribution in [3.05, 3.63) is 84.7 Å². The molecular weight excluding hydrogens is 324 g/mol. The summed E-state index contributed by atoms with van der Waals surface area (Å²) in [6, 6.07) is 23.3. The third kappa shape index (κ3) is 3.02. The fourth-order valence-corrected chi connectivity index (χ4v) is 2.97. The SMILES string of the molecule is Cc1c(NC(=O)Nc2cccc3ccccc23)cnn1-c1ccccc1. The number of nitrogens with zero attached hydrogens (tertiary/aromatic N) is 2. The van der Waals surface area contributed by atoms with Crippen LogP contribution in [0.1, 0.15) is 5.69 Å². The molecule has 0 fully saturated rings. The monoisotopic (exact) mass is 342 g/mol. The van der Waals surface area contributed by atoms with Gasteiger partial charge in [-0.2, -0.15) is 5.10 Å². The molecule has 5 heteroatoms. The van der Waals surface area contributed by atoms with Gasteiger partial charge in [0, 0.05) is 5.39 Å². The lowest BCUT2D eigenvalue weighted by Crippen LogP contribution is -2.20. The molecule has 0 radical (unpaired) electrons. The lowest BCUT2D eigenvalue weighted by molar-refractivity contribution is 0.262. The number of fused-ring (bicyclic) bond motifs is 1. The molecule has 128 valence electrons. The Bertz CT molecular complexity index is 1060. The van der Waals surface area contributed by atoms with E-state index in [4.69, 9.17) is 0 Å². The molecule has 2 N–H and O–H groups in total. The maximum atomic E-state index is 12.5. The minimum absolute atomic E-state index is 0.294. The third-order valence-corrected chi connectivity index (χ3v) is 4.30. The minimum Gasteiger partial charge on any atom is -0.307 e. The van der Waals surface area contributed by atoms with Crippen molar-refractivity contribution in [1.82, 2.24) is 9.78 Å². The van der Waals surface area contributed by atoms with Gasteiger partial charge in [0.15, 0.2) is 0 Å². The van der Waals surface area contributed by atoms with Crippen LogP contribution in [0.25, 0.3) is 16.5 Å². The van der Waals surface area contributed by atoms with Crippen molar-refractivity contribution in [2.24, 2.45) is 0 Å². The molecule has 0 saturated carbocycles. The number of carbonyl (C=O) groups excluding carboxylic acids is 1. The number of hydrogen-bond donors (Lipinski definition) is 2. The van der Waals surface area contributed by atoms with Crippen LogP contribution in [0.15, 0.2) is 79.0 Å². The number of anilines is 2. The molecule has 0 spiro atoms. The predicted octanol–water partition coefficient (Wildman–Crippen LogP) is 4.98. The first-order valence-electron chi connectivity index (χ1n) is 8.38. The molecule has 0 unspecified atom stereocenters. The molecule has 4 aromatic rings. The second-order valence-corrected chi connectivity index (χ2v) is 6.00. The van der Waals surface area contributed by atoms with Crippen LogP contribution in [0.3, 0.4) is 0 Å². The minimum atomic E-state index is -0.294. The summed E-state index contributed by atoms with van der Waals surface area (Å²) in [5.74, 6) is 0. The highest BCUT2D eigenvalue weighted by molar-refractivity contribution is 6.06. The number of hydrogen-bond acceptors (Lipinski definition) is 2. The van der Waals surface area contributed by atoms with Gasteiger partial charge in [-0.15, -0.1) is 0 Å². The van der Waals surface area contributed by atoms with Gasteiger partial charge >= 0.3 is 6.03 Å². The fourth-order valence-electron chi connectivity index (χ4n) is 2.97. The Labute approximate surface area is 151 Å². The van der Waals surface area contributed by atoms with E-state index in [0.717, 1.165) is 27.8 Å². The van der Waals surface area contributed by atoms with Crippen molar-refractivity contribution in [1.29, 1.82) is 0 Å². The largest absolute Gasteiger partial charge is 0.323 e. The molecule has 0 bridgehead atoms. The summed E-state index contributed by atoms with van der Waals surface area (Å²) in [7, 11) is 0. The molecule has 0 aliphatic carbocycles. The Hall–Kier alpha value is -3.60. The van der Waals surface area contributed by atoms with E-state index in [9.17, 15) is 4.79 Å². The van der Waals surface area contributed by atoms with Gasteiger partial charge in [-0.3, -0.25) is 0 Å². The van der Waals surface area contributed by atoms with E-state index in [1.165, 1.54) is 0 Å². The number of urea groups is 1. The van der Waals surface area contributed by atoms with E-state index in [1.54, 1.807) is 10.9 Å². The van der Waals surface area contributed by atoms with Gasteiger partial charge < -0.3 is 10.6 Å². The highest BCUT2D eigenvalue weighted by atomic mass is 16.2. The van der Waals surface area contributed by atoms with Crippen molar-refractivity contribution >= 4 is 28.2 Å². The maximum Gasteiger partial charge on any atom is 0.323 e. The molecule has 2 amide bonds. The van der Waals surface area contributed by atoms with Crippen LogP contribution in [-0.4, -0.2) is 15.8 Å². The van der Waals surface area contributed by atoms with Crippen LogP contribution >= 0.6 is 0 Å². The summed E-state index contributed by atoms with van der Waals surface area (Å²) in [4.78, 5) is 12.5. The van der Waals surface area contributed by atoms with E-state index in [2.05, 4.69) is 15.7 Å². The summed E-state index contributed by atoms with van der Waals surface area (Å²) in [5.41, 5.74) is 3.26. The zero-order valence-electron chi connectivity index (χ0n) is 14.3. The van der Waals surface area contributed by atoms with Gasteiger partial charge in [-0.25, -0.2) is 9.48 Å². The number of nitrogens with one attached hydrogen (secondary N) is 2. The Morgan fingerprint density at radius 1 is 0.846 bits per heavy atom. The van der Waals surface area contributed by atoms with Crippen LogP contribution in [0, 0.1) is 6.92 Å². The Balaban J connectivity index is 1.55.